The zero-order valence-corrected chi connectivity index (χ0v) is 22.6. The number of fused-ring (bicyclic) bond motifs is 5. The summed E-state index contributed by atoms with van der Waals surface area (Å²) < 4.78 is 52.7. The van der Waals surface area contributed by atoms with Gasteiger partial charge in [0.1, 0.15) is 18.0 Å². The van der Waals surface area contributed by atoms with Crippen molar-refractivity contribution in [2.75, 3.05) is 11.7 Å². The number of hydrogen-bond donors (Lipinski definition) is 2. The van der Waals surface area contributed by atoms with E-state index >= 15 is 8.78 Å². The van der Waals surface area contributed by atoms with Crippen molar-refractivity contribution in [1.29, 1.82) is 0 Å². The molecule has 4 aliphatic rings. The molecular weight excluding hydrogens is 533 g/mol. The van der Waals surface area contributed by atoms with Gasteiger partial charge in [-0.25, -0.2) is 22.9 Å². The second kappa shape index (κ2) is 9.19. The van der Waals surface area contributed by atoms with Crippen LogP contribution in [0.15, 0.2) is 42.1 Å². The third-order valence-corrected chi connectivity index (χ3v) is 10.6. The summed E-state index contributed by atoms with van der Waals surface area (Å²) in [6, 6.07) is 1.57. The van der Waals surface area contributed by atoms with E-state index in [1.54, 1.807) is 13.8 Å². The number of rotatable bonds is 4. The van der Waals surface area contributed by atoms with E-state index in [1.165, 1.54) is 37.4 Å². The Labute approximate surface area is 228 Å². The Morgan fingerprint density at radius 1 is 1.28 bits per heavy atom. The summed E-state index contributed by atoms with van der Waals surface area (Å²) in [6.45, 7) is 4.79. The fourth-order valence-electron chi connectivity index (χ4n) is 8.16. The first-order chi connectivity index (χ1) is 18.3. The van der Waals surface area contributed by atoms with Gasteiger partial charge in [0, 0.05) is 28.9 Å². The number of carbonyl (C=O) groups is 3. The molecule has 0 radical (unpaired) electrons. The van der Waals surface area contributed by atoms with E-state index in [4.69, 9.17) is 10.5 Å². The molecule has 0 amide bonds. The Kier molecular flexibility index (Phi) is 6.57. The second-order valence-electron chi connectivity index (χ2n) is 11.6. The van der Waals surface area contributed by atoms with Crippen LogP contribution in [0.4, 0.5) is 19.0 Å². The number of aliphatic hydroxyl groups is 1. The largest absolute Gasteiger partial charge is 0.446 e. The molecular formula is C28H31F3N2O5S. The van der Waals surface area contributed by atoms with Gasteiger partial charge in [0.05, 0.1) is 11.7 Å². The van der Waals surface area contributed by atoms with E-state index in [1.807, 2.05) is 0 Å². The summed E-state index contributed by atoms with van der Waals surface area (Å²) in [5.41, 5.74) is -1.52. The number of hydrogen-bond acceptors (Lipinski definition) is 8. The van der Waals surface area contributed by atoms with Crippen LogP contribution >= 0.6 is 11.8 Å². The van der Waals surface area contributed by atoms with E-state index in [2.05, 4.69) is 4.98 Å². The Hall–Kier alpha value is -2.66. The molecule has 0 spiro atoms. The molecule has 0 aliphatic heterocycles. The molecule has 0 saturated heterocycles. The molecule has 1 aromatic rings. The van der Waals surface area contributed by atoms with Crippen LogP contribution in [-0.2, 0) is 14.3 Å². The Balaban J connectivity index is 1.63. The number of aliphatic hydroxyl groups excluding tert-OH is 1. The van der Waals surface area contributed by atoms with Crippen LogP contribution in [0.2, 0.25) is 0 Å². The van der Waals surface area contributed by atoms with Gasteiger partial charge in [-0.05, 0) is 73.7 Å². The van der Waals surface area contributed by atoms with Gasteiger partial charge in [-0.15, -0.1) is 0 Å². The van der Waals surface area contributed by atoms with Crippen molar-refractivity contribution in [1.82, 2.24) is 4.98 Å². The second-order valence-corrected chi connectivity index (χ2v) is 12.5. The zero-order chi connectivity index (χ0) is 28.5. The molecule has 11 heteroatoms. The van der Waals surface area contributed by atoms with Gasteiger partial charge < -0.3 is 15.6 Å². The minimum Gasteiger partial charge on any atom is -0.446 e. The molecule has 3 fully saturated rings. The summed E-state index contributed by atoms with van der Waals surface area (Å²) in [5.74, 6) is -3.78. The highest BCUT2D eigenvalue weighted by Crippen LogP contribution is 2.72. The number of aromatic nitrogens is 1. The first-order valence-corrected chi connectivity index (χ1v) is 13.9. The number of ether oxygens (including phenoxy) is 1. The van der Waals surface area contributed by atoms with Crippen molar-refractivity contribution in [3.8, 4) is 0 Å². The van der Waals surface area contributed by atoms with Crippen LogP contribution in [0.1, 0.15) is 50.4 Å². The summed E-state index contributed by atoms with van der Waals surface area (Å²) in [7, 11) is 0. The molecule has 3 saturated carbocycles. The summed E-state index contributed by atoms with van der Waals surface area (Å²) in [6.07, 6.45) is 1.12. The number of esters is 1. The van der Waals surface area contributed by atoms with Crippen LogP contribution < -0.4 is 5.73 Å². The lowest BCUT2D eigenvalue weighted by Gasteiger charge is -2.63. The van der Waals surface area contributed by atoms with Crippen LogP contribution in [0.5, 0.6) is 0 Å². The Morgan fingerprint density at radius 3 is 2.67 bits per heavy atom. The van der Waals surface area contributed by atoms with Crippen LogP contribution in [0.3, 0.4) is 0 Å². The Bertz CT molecular complexity index is 1310. The SMILES string of the molecule is C[C@@H]1C[C@H]2[C@@H]3C[C@H](F)C4=CC(=O)C=C[C@]4(C)[C@@]3(F)[C@@H](O)C[C@]2(C)[C@@]1(OC(=O)c1ccnc(N)c1)C(=O)SCF. The number of carbonyl (C=O) groups excluding carboxylic acids is 3. The predicted octanol–water partition coefficient (Wildman–Crippen LogP) is 4.31. The van der Waals surface area contributed by atoms with E-state index in [9.17, 15) is 23.9 Å². The number of nitrogen functional groups attached to an aromatic ring is 1. The molecule has 1 heterocycles. The molecule has 0 unspecified atom stereocenters. The van der Waals surface area contributed by atoms with Crippen LogP contribution in [-0.4, -0.2) is 56.5 Å². The molecule has 4 aliphatic carbocycles. The molecule has 3 N–H and O–H groups in total. The van der Waals surface area contributed by atoms with Crippen LogP contribution in [0.25, 0.3) is 0 Å². The van der Waals surface area contributed by atoms with Crippen molar-refractivity contribution in [3.05, 3.63) is 47.7 Å². The van der Waals surface area contributed by atoms with Crippen molar-refractivity contribution >= 4 is 34.4 Å². The molecule has 0 bridgehead atoms. The molecule has 0 aromatic carbocycles. The smallest absolute Gasteiger partial charge is 0.339 e. The number of anilines is 1. The summed E-state index contributed by atoms with van der Waals surface area (Å²) in [5, 5.41) is 10.8. The normalized spacial score (nSPS) is 42.7. The zero-order valence-electron chi connectivity index (χ0n) is 21.8. The third kappa shape index (κ3) is 3.61. The molecule has 210 valence electrons. The van der Waals surface area contributed by atoms with E-state index in [-0.39, 0.29) is 36.2 Å². The van der Waals surface area contributed by atoms with E-state index in [0.29, 0.717) is 11.8 Å². The quantitative estimate of drug-likeness (QED) is 0.520. The number of nitrogens with two attached hydrogens (primary N) is 1. The van der Waals surface area contributed by atoms with Gasteiger partial charge in [-0.2, -0.15) is 0 Å². The van der Waals surface area contributed by atoms with Crippen LogP contribution in [0, 0.1) is 28.6 Å². The van der Waals surface area contributed by atoms with Gasteiger partial charge >= 0.3 is 5.97 Å². The number of ketones is 1. The summed E-state index contributed by atoms with van der Waals surface area (Å²) in [4.78, 5) is 43.0. The topological polar surface area (TPSA) is 120 Å². The first kappa shape index (κ1) is 27.9. The number of thioether (sulfide) groups is 1. The van der Waals surface area contributed by atoms with Gasteiger partial charge in [-0.1, -0.05) is 19.9 Å². The standard InChI is InChI=1S/C28H31F3N2O5S/c1-14-8-17-18-11-20(30)19-10-16(34)4-6-25(19,2)27(18,31)21(35)12-26(17,3)28(14,24(37)39-13-29)38-23(36)15-5-7-33-22(32)9-15/h4-7,9-10,14,17-18,20-21,35H,8,11-13H2,1-3H3,(H2,32,33)/t14-,17+,18+,20+,21+,25+,26+,27+,28+/m1/s1. The molecule has 39 heavy (non-hydrogen) atoms. The number of pyridine rings is 1. The highest BCUT2D eigenvalue weighted by atomic mass is 32.2. The van der Waals surface area contributed by atoms with Crippen molar-refractivity contribution in [2.24, 2.45) is 28.6 Å². The highest BCUT2D eigenvalue weighted by Gasteiger charge is 2.78. The number of alkyl halides is 3. The average molecular weight is 565 g/mol. The molecule has 5 rings (SSSR count). The fourth-order valence-corrected chi connectivity index (χ4v) is 8.94. The maximum absolute atomic E-state index is 17.4. The number of allylic oxidation sites excluding steroid dienone is 4. The monoisotopic (exact) mass is 564 g/mol. The third-order valence-electron chi connectivity index (χ3n) is 9.93. The van der Waals surface area contributed by atoms with Crippen molar-refractivity contribution in [2.45, 2.75) is 63.6 Å². The average Bonchev–Trinajstić information content (AvgIpc) is 3.09. The van der Waals surface area contributed by atoms with Gasteiger partial charge in [0.2, 0.25) is 5.12 Å². The summed E-state index contributed by atoms with van der Waals surface area (Å²) >= 11 is 0.347. The lowest BCUT2D eigenvalue weighted by molar-refractivity contribution is -0.221. The fraction of sp³-hybridized carbons (Fsp3) is 0.571. The van der Waals surface area contributed by atoms with E-state index in [0.717, 1.165) is 6.08 Å². The van der Waals surface area contributed by atoms with Gasteiger partial charge in [-0.3, -0.25) is 9.59 Å². The maximum atomic E-state index is 17.4. The van der Waals surface area contributed by atoms with Crippen molar-refractivity contribution < 1.29 is 37.4 Å². The van der Waals surface area contributed by atoms with E-state index < -0.39 is 75.0 Å². The maximum Gasteiger partial charge on any atom is 0.339 e. The predicted molar refractivity (Wildman–Crippen MR) is 139 cm³/mol. The van der Waals surface area contributed by atoms with Gasteiger partial charge in [0.25, 0.3) is 0 Å². The lowest BCUT2D eigenvalue weighted by Crippen LogP contribution is -2.70. The first-order valence-electron chi connectivity index (χ1n) is 12.9. The minimum atomic E-state index is -2.36. The minimum absolute atomic E-state index is 0.0144. The highest BCUT2D eigenvalue weighted by molar-refractivity contribution is 8.13. The Morgan fingerprint density at radius 2 is 2.00 bits per heavy atom. The molecule has 1 aromatic heterocycles. The molecule has 7 nitrogen and oxygen atoms in total. The number of halogens is 3. The lowest BCUT2D eigenvalue weighted by atomic mass is 9.44. The van der Waals surface area contributed by atoms with Gasteiger partial charge in [0.15, 0.2) is 17.1 Å². The van der Waals surface area contributed by atoms with Crippen molar-refractivity contribution in [3.63, 3.8) is 0 Å². The number of nitrogens with zero attached hydrogens (tertiary/aromatic N) is 1. The molecule has 9 atom stereocenters.